The van der Waals surface area contributed by atoms with Crippen LogP contribution in [0, 0.1) is 0 Å². The Morgan fingerprint density at radius 1 is 1.17 bits per heavy atom. The van der Waals surface area contributed by atoms with Gasteiger partial charge in [-0.1, -0.05) is 41.5 Å². The Bertz CT molecular complexity index is 396. The minimum absolute atomic E-state index is 0.113. The minimum atomic E-state index is -0.361. The van der Waals surface area contributed by atoms with Gasteiger partial charge in [0.1, 0.15) is 0 Å². The molecule has 100 valence electrons. The standard InChI is InChI=1S/C13H18INO3/c14-8-3-1-2-4-9-15-13(18)10-6-5-7-11(16)12(10)17/h5-7,16-17H,1-4,8-9H2,(H,15,18). The molecule has 0 aliphatic heterocycles. The van der Waals surface area contributed by atoms with Gasteiger partial charge in [-0.2, -0.15) is 0 Å². The van der Waals surface area contributed by atoms with Gasteiger partial charge in [0, 0.05) is 6.54 Å². The smallest absolute Gasteiger partial charge is 0.255 e. The lowest BCUT2D eigenvalue weighted by atomic mass is 10.1. The van der Waals surface area contributed by atoms with E-state index in [9.17, 15) is 15.0 Å². The highest BCUT2D eigenvalue weighted by atomic mass is 127. The Balaban J connectivity index is 2.35. The highest BCUT2D eigenvalue weighted by Crippen LogP contribution is 2.27. The van der Waals surface area contributed by atoms with Crippen molar-refractivity contribution in [2.45, 2.75) is 25.7 Å². The topological polar surface area (TPSA) is 69.6 Å². The first-order chi connectivity index (χ1) is 8.66. The molecular weight excluding hydrogens is 345 g/mol. The van der Waals surface area contributed by atoms with E-state index in [-0.39, 0.29) is 23.0 Å². The maximum absolute atomic E-state index is 11.7. The zero-order valence-electron chi connectivity index (χ0n) is 10.2. The van der Waals surface area contributed by atoms with Crippen LogP contribution in [0.25, 0.3) is 0 Å². The molecule has 4 nitrogen and oxygen atoms in total. The van der Waals surface area contributed by atoms with E-state index < -0.39 is 0 Å². The molecule has 1 amide bonds. The van der Waals surface area contributed by atoms with Crippen LogP contribution in [0.4, 0.5) is 0 Å². The van der Waals surface area contributed by atoms with Crippen molar-refractivity contribution in [1.82, 2.24) is 5.32 Å². The van der Waals surface area contributed by atoms with E-state index in [4.69, 9.17) is 0 Å². The molecule has 0 fully saturated rings. The number of aromatic hydroxyl groups is 2. The molecule has 0 bridgehead atoms. The number of carbonyl (C=O) groups is 1. The second-order valence-corrected chi connectivity index (χ2v) is 5.11. The quantitative estimate of drug-likeness (QED) is 0.302. The van der Waals surface area contributed by atoms with Gasteiger partial charge in [0.15, 0.2) is 11.5 Å². The van der Waals surface area contributed by atoms with Crippen molar-refractivity contribution in [3.8, 4) is 11.5 Å². The van der Waals surface area contributed by atoms with Gasteiger partial charge in [-0.3, -0.25) is 4.79 Å². The average molecular weight is 363 g/mol. The number of alkyl halides is 1. The molecule has 0 saturated carbocycles. The van der Waals surface area contributed by atoms with Crippen molar-refractivity contribution in [3.05, 3.63) is 23.8 Å². The first-order valence-corrected chi connectivity index (χ1v) is 7.54. The predicted molar refractivity (Wildman–Crippen MR) is 79.5 cm³/mol. The van der Waals surface area contributed by atoms with Gasteiger partial charge in [-0.25, -0.2) is 0 Å². The molecule has 0 unspecified atom stereocenters. The summed E-state index contributed by atoms with van der Waals surface area (Å²) in [6.07, 6.45) is 4.41. The summed E-state index contributed by atoms with van der Waals surface area (Å²) in [6.45, 7) is 0.592. The number of hydrogen-bond acceptors (Lipinski definition) is 3. The monoisotopic (exact) mass is 363 g/mol. The second-order valence-electron chi connectivity index (χ2n) is 4.03. The number of phenols is 2. The third kappa shape index (κ3) is 4.72. The van der Waals surface area contributed by atoms with E-state index in [2.05, 4.69) is 27.9 Å². The first-order valence-electron chi connectivity index (χ1n) is 6.02. The lowest BCUT2D eigenvalue weighted by molar-refractivity contribution is 0.0949. The SMILES string of the molecule is O=C(NCCCCCCI)c1cccc(O)c1O. The molecule has 0 spiro atoms. The molecular formula is C13H18INO3. The van der Waals surface area contributed by atoms with Gasteiger partial charge in [0.25, 0.3) is 5.91 Å². The molecule has 3 N–H and O–H groups in total. The van der Waals surface area contributed by atoms with E-state index in [1.165, 1.54) is 35.5 Å². The summed E-state index contributed by atoms with van der Waals surface area (Å²) < 4.78 is 1.17. The van der Waals surface area contributed by atoms with E-state index in [0.717, 1.165) is 12.8 Å². The number of hydrogen-bond donors (Lipinski definition) is 3. The Kier molecular flexibility index (Phi) is 6.85. The average Bonchev–Trinajstić information content (AvgIpc) is 2.36. The fourth-order valence-electron chi connectivity index (χ4n) is 1.58. The number of amides is 1. The molecule has 0 saturated heterocycles. The second kappa shape index (κ2) is 8.18. The summed E-state index contributed by atoms with van der Waals surface area (Å²) in [7, 11) is 0. The number of phenolic OH excluding ortho intramolecular Hbond substituents is 2. The van der Waals surface area contributed by atoms with Gasteiger partial charge in [0.05, 0.1) is 5.56 Å². The highest BCUT2D eigenvalue weighted by molar-refractivity contribution is 14.1. The zero-order chi connectivity index (χ0) is 13.4. The normalized spacial score (nSPS) is 10.3. The van der Waals surface area contributed by atoms with Gasteiger partial charge in [-0.05, 0) is 29.4 Å². The number of para-hydroxylation sites is 1. The lowest BCUT2D eigenvalue weighted by Crippen LogP contribution is -2.24. The first kappa shape index (κ1) is 15.1. The Hall–Kier alpha value is -0.980. The molecule has 0 radical (unpaired) electrons. The van der Waals surface area contributed by atoms with Crippen molar-refractivity contribution in [3.63, 3.8) is 0 Å². The maximum atomic E-state index is 11.7. The van der Waals surface area contributed by atoms with Gasteiger partial charge >= 0.3 is 0 Å². The van der Waals surface area contributed by atoms with Crippen molar-refractivity contribution in [1.29, 1.82) is 0 Å². The number of unbranched alkanes of at least 4 members (excludes halogenated alkanes) is 3. The van der Waals surface area contributed by atoms with Crippen LogP contribution in [0.3, 0.4) is 0 Å². The molecule has 0 aliphatic rings. The van der Waals surface area contributed by atoms with Crippen LogP contribution in [-0.2, 0) is 0 Å². The number of nitrogens with one attached hydrogen (secondary N) is 1. The van der Waals surface area contributed by atoms with Crippen LogP contribution >= 0.6 is 22.6 Å². The molecule has 1 aromatic rings. The Morgan fingerprint density at radius 3 is 2.61 bits per heavy atom. The molecule has 5 heteroatoms. The largest absolute Gasteiger partial charge is 0.504 e. The highest BCUT2D eigenvalue weighted by Gasteiger charge is 2.12. The van der Waals surface area contributed by atoms with Crippen LogP contribution in [0.2, 0.25) is 0 Å². The maximum Gasteiger partial charge on any atom is 0.255 e. The van der Waals surface area contributed by atoms with E-state index >= 15 is 0 Å². The van der Waals surface area contributed by atoms with Gasteiger partial charge < -0.3 is 15.5 Å². The van der Waals surface area contributed by atoms with E-state index in [1.54, 1.807) is 0 Å². The molecule has 0 heterocycles. The minimum Gasteiger partial charge on any atom is -0.504 e. The summed E-state index contributed by atoms with van der Waals surface area (Å²) in [6, 6.07) is 4.36. The van der Waals surface area contributed by atoms with E-state index in [0.29, 0.717) is 6.54 Å². The molecule has 0 aliphatic carbocycles. The molecule has 1 rings (SSSR count). The summed E-state index contributed by atoms with van der Waals surface area (Å²) in [5.74, 6) is -0.984. The zero-order valence-corrected chi connectivity index (χ0v) is 12.3. The summed E-state index contributed by atoms with van der Waals surface area (Å²) in [5, 5.41) is 21.5. The number of halogens is 1. The fraction of sp³-hybridized carbons (Fsp3) is 0.462. The molecule has 0 atom stereocenters. The third-order valence-electron chi connectivity index (χ3n) is 2.61. The van der Waals surface area contributed by atoms with Crippen LogP contribution in [0.1, 0.15) is 36.0 Å². The summed E-state index contributed by atoms with van der Waals surface area (Å²) in [4.78, 5) is 11.7. The number of benzene rings is 1. The molecule has 1 aromatic carbocycles. The van der Waals surface area contributed by atoms with Crippen molar-refractivity contribution < 1.29 is 15.0 Å². The van der Waals surface area contributed by atoms with Crippen LogP contribution in [-0.4, -0.2) is 27.1 Å². The fourth-order valence-corrected chi connectivity index (χ4v) is 2.12. The Morgan fingerprint density at radius 2 is 1.89 bits per heavy atom. The molecule has 18 heavy (non-hydrogen) atoms. The van der Waals surface area contributed by atoms with Crippen LogP contribution in [0.15, 0.2) is 18.2 Å². The van der Waals surface area contributed by atoms with Gasteiger partial charge in [0.2, 0.25) is 0 Å². The van der Waals surface area contributed by atoms with Crippen molar-refractivity contribution >= 4 is 28.5 Å². The summed E-state index contributed by atoms with van der Waals surface area (Å²) in [5.41, 5.74) is 0.113. The number of carbonyl (C=O) groups excluding carboxylic acids is 1. The van der Waals surface area contributed by atoms with Crippen molar-refractivity contribution in [2.75, 3.05) is 11.0 Å². The molecule has 0 aromatic heterocycles. The van der Waals surface area contributed by atoms with Crippen molar-refractivity contribution in [2.24, 2.45) is 0 Å². The third-order valence-corrected chi connectivity index (χ3v) is 3.37. The predicted octanol–water partition coefficient (Wildman–Crippen LogP) is 2.82. The summed E-state index contributed by atoms with van der Waals surface area (Å²) >= 11 is 2.35. The lowest BCUT2D eigenvalue weighted by Gasteiger charge is -2.07. The van der Waals surface area contributed by atoms with E-state index in [1.807, 2.05) is 0 Å². The Labute approximate surface area is 121 Å². The van der Waals surface area contributed by atoms with Crippen LogP contribution < -0.4 is 5.32 Å². The van der Waals surface area contributed by atoms with Crippen LogP contribution in [0.5, 0.6) is 11.5 Å². The van der Waals surface area contributed by atoms with Gasteiger partial charge in [-0.15, -0.1) is 0 Å². The number of rotatable bonds is 7.